The molecule has 0 saturated carbocycles. The van der Waals surface area contributed by atoms with Gasteiger partial charge in [-0.05, 0) is 36.5 Å². The summed E-state index contributed by atoms with van der Waals surface area (Å²) < 4.78 is 0. The van der Waals surface area contributed by atoms with Crippen molar-refractivity contribution in [3.8, 4) is 11.4 Å². The van der Waals surface area contributed by atoms with Gasteiger partial charge in [-0.3, -0.25) is 15.4 Å². The third-order valence-corrected chi connectivity index (χ3v) is 2.72. The first-order valence-electron chi connectivity index (χ1n) is 5.31. The van der Waals surface area contributed by atoms with E-state index in [1.807, 2.05) is 24.3 Å². The zero-order chi connectivity index (χ0) is 12.5. The average molecular weight is 255 g/mol. The molecule has 0 radical (unpaired) electrons. The van der Waals surface area contributed by atoms with Crippen LogP contribution >= 0.6 is 12.2 Å². The van der Waals surface area contributed by atoms with Gasteiger partial charge in [0.1, 0.15) is 5.71 Å². The Morgan fingerprint density at radius 3 is 2.17 bits per heavy atom. The number of hydrogen-bond acceptors (Lipinski definition) is 4. The average Bonchev–Trinajstić information content (AvgIpc) is 2.71. The Bertz CT molecular complexity index is 618. The van der Waals surface area contributed by atoms with Crippen molar-refractivity contribution in [3.63, 3.8) is 0 Å². The van der Waals surface area contributed by atoms with E-state index >= 15 is 0 Å². The van der Waals surface area contributed by atoms with E-state index in [9.17, 15) is 0 Å². The Kier molecular flexibility index (Phi) is 2.49. The van der Waals surface area contributed by atoms with Crippen LogP contribution < -0.4 is 11.2 Å². The summed E-state index contributed by atoms with van der Waals surface area (Å²) in [6, 6.07) is 7.62. The minimum absolute atomic E-state index is 0.130. The molecule has 5 nitrogen and oxygen atoms in total. The van der Waals surface area contributed by atoms with Crippen molar-refractivity contribution in [3.05, 3.63) is 47.8 Å². The quantitative estimate of drug-likeness (QED) is 0.502. The molecule has 1 aliphatic carbocycles. The van der Waals surface area contributed by atoms with Crippen LogP contribution in [0.5, 0.6) is 0 Å². The molecular weight excluding hydrogens is 246 g/mol. The lowest BCUT2D eigenvalue weighted by molar-refractivity contribution is 1.03. The van der Waals surface area contributed by atoms with Crippen LogP contribution in [0.4, 0.5) is 0 Å². The SMILES string of the molecule is NC(=S)NN=C1c2cccnc2-c2ncccc21. The lowest BCUT2D eigenvalue weighted by Crippen LogP contribution is -2.25. The maximum atomic E-state index is 5.39. The smallest absolute Gasteiger partial charge is 0.184 e. The second-order valence-electron chi connectivity index (χ2n) is 3.74. The molecule has 88 valence electrons. The molecule has 0 fully saturated rings. The normalized spacial score (nSPS) is 11.7. The van der Waals surface area contributed by atoms with Gasteiger partial charge in [0, 0.05) is 23.5 Å². The summed E-state index contributed by atoms with van der Waals surface area (Å²) in [5.74, 6) is 0. The molecule has 6 heteroatoms. The van der Waals surface area contributed by atoms with Crippen LogP contribution in [0, 0.1) is 0 Å². The largest absolute Gasteiger partial charge is 0.375 e. The van der Waals surface area contributed by atoms with Crippen LogP contribution in [0.1, 0.15) is 11.1 Å². The number of thiocarbonyl (C=S) groups is 1. The maximum absolute atomic E-state index is 5.39. The lowest BCUT2D eigenvalue weighted by atomic mass is 10.1. The van der Waals surface area contributed by atoms with Crippen molar-refractivity contribution in [2.75, 3.05) is 0 Å². The van der Waals surface area contributed by atoms with Crippen LogP contribution in [0.2, 0.25) is 0 Å². The number of aromatic nitrogens is 2. The fourth-order valence-corrected chi connectivity index (χ4v) is 1.99. The molecule has 2 aromatic rings. The van der Waals surface area contributed by atoms with Gasteiger partial charge in [0.05, 0.1) is 11.4 Å². The molecule has 3 rings (SSSR count). The molecule has 2 aromatic heterocycles. The third-order valence-electron chi connectivity index (χ3n) is 2.63. The van der Waals surface area contributed by atoms with E-state index in [1.165, 1.54) is 0 Å². The molecule has 0 aliphatic heterocycles. The highest BCUT2D eigenvalue weighted by Crippen LogP contribution is 2.32. The second kappa shape index (κ2) is 4.15. The molecule has 0 bridgehead atoms. The Morgan fingerprint density at radius 1 is 1.11 bits per heavy atom. The molecule has 3 N–H and O–H groups in total. The van der Waals surface area contributed by atoms with Crippen LogP contribution in [-0.4, -0.2) is 20.8 Å². The first-order chi connectivity index (χ1) is 8.77. The van der Waals surface area contributed by atoms with Crippen LogP contribution in [0.15, 0.2) is 41.8 Å². The number of nitrogens with zero attached hydrogens (tertiary/aromatic N) is 3. The minimum atomic E-state index is 0.130. The number of nitrogens with one attached hydrogen (secondary N) is 1. The number of rotatable bonds is 1. The predicted octanol–water partition coefficient (Wildman–Crippen LogP) is 1.04. The van der Waals surface area contributed by atoms with E-state index in [0.717, 1.165) is 28.2 Å². The van der Waals surface area contributed by atoms with E-state index in [4.69, 9.17) is 18.0 Å². The van der Waals surface area contributed by atoms with Gasteiger partial charge in [0.25, 0.3) is 0 Å². The van der Waals surface area contributed by atoms with Gasteiger partial charge in [-0.25, -0.2) is 0 Å². The zero-order valence-electron chi connectivity index (χ0n) is 9.29. The Balaban J connectivity index is 2.21. The molecule has 2 heterocycles. The molecule has 1 aliphatic rings. The van der Waals surface area contributed by atoms with Crippen molar-refractivity contribution in [1.82, 2.24) is 15.4 Å². The molecule has 0 saturated heterocycles. The van der Waals surface area contributed by atoms with Gasteiger partial charge in [0.15, 0.2) is 5.11 Å². The summed E-state index contributed by atoms with van der Waals surface area (Å²) in [5.41, 5.74) is 12.3. The van der Waals surface area contributed by atoms with E-state index in [0.29, 0.717) is 0 Å². The van der Waals surface area contributed by atoms with Gasteiger partial charge in [-0.2, -0.15) is 5.10 Å². The number of fused-ring (bicyclic) bond motifs is 3. The fourth-order valence-electron chi connectivity index (χ4n) is 1.95. The molecule has 0 spiro atoms. The summed E-state index contributed by atoms with van der Waals surface area (Å²) in [4.78, 5) is 8.69. The van der Waals surface area contributed by atoms with E-state index in [2.05, 4.69) is 20.5 Å². The molecule has 0 unspecified atom stereocenters. The first-order valence-corrected chi connectivity index (χ1v) is 5.72. The second-order valence-corrected chi connectivity index (χ2v) is 4.18. The number of pyridine rings is 2. The molecular formula is C12H9N5S. The summed E-state index contributed by atoms with van der Waals surface area (Å²) in [7, 11) is 0. The number of hydrazone groups is 1. The van der Waals surface area contributed by atoms with Gasteiger partial charge in [0.2, 0.25) is 0 Å². The van der Waals surface area contributed by atoms with Crippen LogP contribution in [0.25, 0.3) is 11.4 Å². The topological polar surface area (TPSA) is 76.2 Å². The summed E-state index contributed by atoms with van der Waals surface area (Å²) >= 11 is 4.76. The minimum Gasteiger partial charge on any atom is -0.375 e. The summed E-state index contributed by atoms with van der Waals surface area (Å²) in [6.45, 7) is 0. The van der Waals surface area contributed by atoms with Crippen LogP contribution in [0.3, 0.4) is 0 Å². The fraction of sp³-hybridized carbons (Fsp3) is 0. The summed E-state index contributed by atoms with van der Waals surface area (Å²) in [5, 5.41) is 4.36. The number of hydrogen-bond donors (Lipinski definition) is 2. The third kappa shape index (κ3) is 1.63. The molecule has 18 heavy (non-hydrogen) atoms. The Morgan fingerprint density at radius 2 is 1.67 bits per heavy atom. The van der Waals surface area contributed by atoms with Crippen molar-refractivity contribution < 1.29 is 0 Å². The maximum Gasteiger partial charge on any atom is 0.184 e. The standard InChI is InChI=1S/C12H9N5S/c13-12(18)17-16-9-7-3-1-5-14-10(7)11-8(9)4-2-6-15-11/h1-6H,(H3,13,17,18). The van der Waals surface area contributed by atoms with Gasteiger partial charge < -0.3 is 5.73 Å². The first kappa shape index (κ1) is 10.8. The highest BCUT2D eigenvalue weighted by atomic mass is 32.1. The Labute approximate surface area is 109 Å². The number of nitrogens with two attached hydrogens (primary N) is 1. The highest BCUT2D eigenvalue weighted by Gasteiger charge is 2.26. The molecule has 0 atom stereocenters. The molecule has 0 aromatic carbocycles. The monoisotopic (exact) mass is 255 g/mol. The van der Waals surface area contributed by atoms with E-state index in [1.54, 1.807) is 12.4 Å². The highest BCUT2D eigenvalue weighted by molar-refractivity contribution is 7.80. The van der Waals surface area contributed by atoms with Crippen molar-refractivity contribution in [1.29, 1.82) is 0 Å². The van der Waals surface area contributed by atoms with Gasteiger partial charge >= 0.3 is 0 Å². The van der Waals surface area contributed by atoms with Crippen LogP contribution in [-0.2, 0) is 0 Å². The van der Waals surface area contributed by atoms with Gasteiger partial charge in [-0.1, -0.05) is 0 Å². The van der Waals surface area contributed by atoms with Crippen molar-refractivity contribution >= 4 is 23.0 Å². The van der Waals surface area contributed by atoms with Crippen molar-refractivity contribution in [2.24, 2.45) is 10.8 Å². The Hall–Kier alpha value is -2.34. The van der Waals surface area contributed by atoms with Crippen molar-refractivity contribution in [2.45, 2.75) is 0 Å². The zero-order valence-corrected chi connectivity index (χ0v) is 10.1. The van der Waals surface area contributed by atoms with E-state index in [-0.39, 0.29) is 5.11 Å². The van der Waals surface area contributed by atoms with Gasteiger partial charge in [-0.15, -0.1) is 0 Å². The lowest BCUT2D eigenvalue weighted by Gasteiger charge is -2.01. The predicted molar refractivity (Wildman–Crippen MR) is 73.0 cm³/mol. The summed E-state index contributed by atoms with van der Waals surface area (Å²) in [6.07, 6.45) is 3.47. The van der Waals surface area contributed by atoms with E-state index < -0.39 is 0 Å². The molecule has 0 amide bonds.